The van der Waals surface area contributed by atoms with Crippen LogP contribution in [0.5, 0.6) is 17.2 Å². The minimum absolute atomic E-state index is 0. The standard InChI is InChI=1S/C31H21N3O6.C24H16ClN4O5.Co.3Na/c35-25-16-14-18-9-6-12-24(32-30(38)19-7-2-1-3-8-19)27(18)28(25)34-33-23-15-13-20(17-26(23)36)29(37)21-10-4-5-11-22(21)31(39)40;1-13-21(23(32)29(28-13)16-9-7-15(25)8-10-16)27-26-19-11-6-14(12-20(19)30)22(31)17-4-2-3-5-18(17)24(33)34;;;;/h1-17,35-36H,(H,32,38)(H,39,40);2-12,30H,1H3,(H,33,34);;;;/q;-1;;3*+1. The van der Waals surface area contributed by atoms with E-state index in [0.29, 0.717) is 38.4 Å². The molecule has 0 saturated carbocycles. The number of phenolic OH excluding ortho intramolecular Hbond substituents is 3. The van der Waals surface area contributed by atoms with Crippen molar-refractivity contribution >= 4 is 80.2 Å². The van der Waals surface area contributed by atoms with Crippen molar-refractivity contribution in [1.29, 1.82) is 0 Å². The zero-order valence-electron chi connectivity index (χ0n) is 41.7. The van der Waals surface area contributed by atoms with Gasteiger partial charge in [-0.15, -0.1) is 15.9 Å². The molecule has 1 heterocycles. The van der Waals surface area contributed by atoms with Crippen molar-refractivity contribution in [3.63, 3.8) is 0 Å². The molecule has 23 heteroatoms. The summed E-state index contributed by atoms with van der Waals surface area (Å²) in [5, 5.41) is 75.1. The fourth-order valence-electron chi connectivity index (χ4n) is 7.46. The first kappa shape index (κ1) is 63.7. The maximum absolute atomic E-state index is 12.9. The van der Waals surface area contributed by atoms with Crippen LogP contribution in [0.25, 0.3) is 16.5 Å². The van der Waals surface area contributed by atoms with E-state index in [1.165, 1.54) is 77.5 Å². The fraction of sp³-hybridized carbons (Fsp3) is 0.0182. The van der Waals surface area contributed by atoms with Crippen molar-refractivity contribution in [2.45, 2.75) is 6.92 Å². The van der Waals surface area contributed by atoms with Crippen LogP contribution in [0, 0.1) is 6.92 Å². The first-order chi connectivity index (χ1) is 35.6. The number of carbonyl (C=O) groups is 5. The van der Waals surface area contributed by atoms with E-state index in [1.807, 2.05) is 0 Å². The molecule has 0 aliphatic heterocycles. The summed E-state index contributed by atoms with van der Waals surface area (Å²) >= 11 is 5.88. The number of azo groups is 2. The molecule has 0 fully saturated rings. The van der Waals surface area contributed by atoms with Gasteiger partial charge in [-0.1, -0.05) is 97.0 Å². The number of carboxylic acids is 2. The normalized spacial score (nSPS) is 10.5. The van der Waals surface area contributed by atoms with Crippen LogP contribution in [0.4, 0.5) is 28.4 Å². The van der Waals surface area contributed by atoms with Crippen LogP contribution in [0.1, 0.15) is 68.6 Å². The third-order valence-electron chi connectivity index (χ3n) is 11.1. The van der Waals surface area contributed by atoms with E-state index in [-0.39, 0.29) is 185 Å². The molecule has 0 aliphatic carbocycles. The van der Waals surface area contributed by atoms with Gasteiger partial charge in [0.25, 0.3) is 5.91 Å². The molecule has 0 atom stereocenters. The summed E-state index contributed by atoms with van der Waals surface area (Å²) in [5.74, 6) is -4.91. The molecular formula is C55H37ClCoN7Na3O11+2. The van der Waals surface area contributed by atoms with E-state index in [4.69, 9.17) is 11.6 Å². The second-order valence-corrected chi connectivity index (χ2v) is 16.4. The number of hydrogen-bond acceptors (Lipinski definition) is 14. The number of nitrogens with one attached hydrogen (secondary N) is 1. The van der Waals surface area contributed by atoms with Gasteiger partial charge in [0, 0.05) is 55.0 Å². The first-order valence-electron chi connectivity index (χ1n) is 22.0. The molecule has 8 aromatic carbocycles. The van der Waals surface area contributed by atoms with Crippen LogP contribution in [-0.2, 0) is 16.8 Å². The number of aromatic carboxylic acids is 2. The Kier molecular flexibility index (Phi) is 23.4. The van der Waals surface area contributed by atoms with Gasteiger partial charge in [-0.25, -0.2) is 19.4 Å². The van der Waals surface area contributed by atoms with Crippen molar-refractivity contribution in [3.05, 3.63) is 230 Å². The van der Waals surface area contributed by atoms with E-state index in [1.54, 1.807) is 97.9 Å². The number of benzene rings is 8. The fourth-order valence-corrected chi connectivity index (χ4v) is 7.59. The molecule has 1 aromatic heterocycles. The van der Waals surface area contributed by atoms with Gasteiger partial charge < -0.3 is 40.8 Å². The Bertz CT molecular complexity index is 3840. The SMILES string of the molecule is Cc1nn(-c2ccc(Cl)cc2)c(=O)[c-]1N=Nc1ccc(C(=O)c2ccccc2C(=O)O)cc1O.O=C(Nc1cccc2ccc(O)c(N=Nc3ccc(C(=O)c4ccccc4C(=O)O)cc3O)c12)c1ccccc1.[Co].[Na+].[Na+].[Na+]. The number of halogens is 1. The van der Waals surface area contributed by atoms with Gasteiger partial charge in [0.1, 0.15) is 39.9 Å². The molecule has 0 unspecified atom stereocenters. The van der Waals surface area contributed by atoms with Crippen molar-refractivity contribution in [1.82, 2.24) is 9.78 Å². The maximum atomic E-state index is 12.9. The van der Waals surface area contributed by atoms with E-state index >= 15 is 0 Å². The summed E-state index contributed by atoms with van der Waals surface area (Å²) in [7, 11) is 0. The van der Waals surface area contributed by atoms with Gasteiger partial charge in [-0.3, -0.25) is 14.4 Å². The Hall–Kier alpha value is -6.82. The zero-order chi connectivity index (χ0) is 52.6. The molecular weight excluding hydrogens is 1100 g/mol. The topological polar surface area (TPSA) is 283 Å². The van der Waals surface area contributed by atoms with Crippen molar-refractivity contribution in [3.8, 4) is 22.9 Å². The van der Waals surface area contributed by atoms with Crippen LogP contribution in [0.2, 0.25) is 5.02 Å². The molecule has 78 heavy (non-hydrogen) atoms. The molecule has 9 rings (SSSR count). The Morgan fingerprint density at radius 2 is 1.08 bits per heavy atom. The average molecular weight is 1140 g/mol. The number of rotatable bonds is 13. The molecule has 1 radical (unpaired) electrons. The minimum atomic E-state index is -1.24. The summed E-state index contributed by atoms with van der Waals surface area (Å²) in [5.41, 5.74) is 1.07. The molecule has 0 aliphatic rings. The van der Waals surface area contributed by atoms with Crippen LogP contribution in [0.15, 0.2) is 195 Å². The minimum Gasteiger partial charge on any atom is -0.506 e. The first-order valence-corrected chi connectivity index (χ1v) is 22.3. The summed E-state index contributed by atoms with van der Waals surface area (Å²) in [4.78, 5) is 74.1. The smallest absolute Gasteiger partial charge is 0.506 e. The summed E-state index contributed by atoms with van der Waals surface area (Å²) in [6.45, 7) is 1.60. The van der Waals surface area contributed by atoms with Crippen LogP contribution >= 0.6 is 11.6 Å². The summed E-state index contributed by atoms with van der Waals surface area (Å²) < 4.78 is 1.17. The molecule has 0 bridgehead atoms. The molecule has 6 N–H and O–H groups in total. The van der Waals surface area contributed by atoms with E-state index in [9.17, 15) is 54.3 Å². The largest absolute Gasteiger partial charge is 1.00 e. The molecule has 375 valence electrons. The number of fused-ring (bicyclic) bond motifs is 1. The predicted molar refractivity (Wildman–Crippen MR) is 273 cm³/mol. The molecule has 1 amide bonds. The average Bonchev–Trinajstić information content (AvgIpc) is 3.70. The van der Waals surface area contributed by atoms with Crippen molar-refractivity contribution < 1.29 is 155 Å². The monoisotopic (exact) mass is 1130 g/mol. The number of carboxylic acid groups (broad SMARTS) is 2. The van der Waals surface area contributed by atoms with Crippen LogP contribution in [0.3, 0.4) is 0 Å². The number of phenols is 3. The quantitative estimate of drug-likeness (QED) is 0.0421. The van der Waals surface area contributed by atoms with Gasteiger partial charge in [0.2, 0.25) is 0 Å². The Morgan fingerprint density at radius 3 is 1.60 bits per heavy atom. The third-order valence-corrected chi connectivity index (χ3v) is 11.4. The predicted octanol–water partition coefficient (Wildman–Crippen LogP) is 2.82. The van der Waals surface area contributed by atoms with Gasteiger partial charge in [0.05, 0.1) is 22.5 Å². The molecule has 18 nitrogen and oxygen atoms in total. The number of ketones is 2. The summed E-state index contributed by atoms with van der Waals surface area (Å²) in [6, 6.07) is 42.9. The zero-order valence-corrected chi connectivity index (χ0v) is 49.5. The van der Waals surface area contributed by atoms with Crippen LogP contribution < -0.4 is 99.5 Å². The number of anilines is 1. The number of amides is 1. The molecule has 0 spiro atoms. The van der Waals surface area contributed by atoms with Gasteiger partial charge in [-0.2, -0.15) is 5.11 Å². The van der Waals surface area contributed by atoms with Gasteiger partial charge in [0.15, 0.2) is 11.6 Å². The Balaban J connectivity index is 0.000000324. The van der Waals surface area contributed by atoms with E-state index < -0.39 is 29.1 Å². The maximum Gasteiger partial charge on any atom is 1.00 e. The van der Waals surface area contributed by atoms with Crippen molar-refractivity contribution in [2.24, 2.45) is 20.5 Å². The second kappa shape index (κ2) is 28.7. The van der Waals surface area contributed by atoms with Gasteiger partial charge >= 0.3 is 101 Å². The number of aromatic hydroxyl groups is 3. The van der Waals surface area contributed by atoms with Crippen LogP contribution in [-0.4, -0.2) is 64.7 Å². The number of aromatic nitrogens is 2. The number of aryl methyl sites for hydroxylation is 1. The van der Waals surface area contributed by atoms with E-state index in [2.05, 4.69) is 30.9 Å². The third kappa shape index (κ3) is 14.6. The Labute approximate surface area is 525 Å². The summed E-state index contributed by atoms with van der Waals surface area (Å²) in [6.07, 6.45) is 0. The number of hydrogen-bond donors (Lipinski definition) is 6. The van der Waals surface area contributed by atoms with Gasteiger partial charge in [-0.05, 0) is 102 Å². The number of nitrogens with zero attached hydrogens (tertiary/aromatic N) is 6. The van der Waals surface area contributed by atoms with Crippen molar-refractivity contribution in [2.75, 3.05) is 5.32 Å². The van der Waals surface area contributed by atoms with E-state index in [0.717, 1.165) is 6.07 Å². The molecule has 9 aromatic rings. The number of carbonyl (C=O) groups excluding carboxylic acids is 3. The molecule has 0 saturated heterocycles. The second-order valence-electron chi connectivity index (χ2n) is 16.0. The Morgan fingerprint density at radius 1 is 0.564 bits per heavy atom.